The fourth-order valence-electron chi connectivity index (χ4n) is 2.69. The maximum absolute atomic E-state index is 14.0. The molecule has 0 fully saturated rings. The van der Waals surface area contributed by atoms with Crippen LogP contribution in [0.3, 0.4) is 0 Å². The van der Waals surface area contributed by atoms with Crippen LogP contribution >= 0.6 is 15.9 Å². The molecule has 0 aliphatic carbocycles. The SMILES string of the molecule is O=C(CN(c1ccc([N+](=O)[O-])cc1)S(=O)(=O)c1ccccc1)Nc1ccc(Br)cc1F. The van der Waals surface area contributed by atoms with Crippen molar-refractivity contribution in [2.75, 3.05) is 16.2 Å². The van der Waals surface area contributed by atoms with Crippen molar-refractivity contribution in [3.63, 3.8) is 0 Å². The summed E-state index contributed by atoms with van der Waals surface area (Å²) in [5, 5.41) is 13.2. The summed E-state index contributed by atoms with van der Waals surface area (Å²) >= 11 is 3.11. The Balaban J connectivity index is 1.95. The summed E-state index contributed by atoms with van der Waals surface area (Å²) in [5.74, 6) is -1.49. The highest BCUT2D eigenvalue weighted by Crippen LogP contribution is 2.26. The van der Waals surface area contributed by atoms with Gasteiger partial charge in [-0.25, -0.2) is 12.8 Å². The summed E-state index contributed by atoms with van der Waals surface area (Å²) in [5.41, 5.74) is -0.308. The van der Waals surface area contributed by atoms with E-state index in [1.165, 1.54) is 48.5 Å². The van der Waals surface area contributed by atoms with Crippen molar-refractivity contribution in [3.05, 3.63) is 93.2 Å². The van der Waals surface area contributed by atoms with Gasteiger partial charge in [-0.15, -0.1) is 0 Å². The minimum atomic E-state index is -4.19. The van der Waals surface area contributed by atoms with Crippen LogP contribution in [0.1, 0.15) is 0 Å². The maximum Gasteiger partial charge on any atom is 0.269 e. The molecule has 31 heavy (non-hydrogen) atoms. The minimum Gasteiger partial charge on any atom is -0.322 e. The summed E-state index contributed by atoms with van der Waals surface area (Å²) in [7, 11) is -4.19. The van der Waals surface area contributed by atoms with Crippen molar-refractivity contribution >= 4 is 48.9 Å². The molecule has 1 amide bonds. The number of nitro benzene ring substituents is 1. The first-order valence-electron chi connectivity index (χ1n) is 8.75. The normalized spacial score (nSPS) is 11.0. The molecule has 1 N–H and O–H groups in total. The number of carbonyl (C=O) groups is 1. The molecular weight excluding hydrogens is 493 g/mol. The average Bonchev–Trinajstić information content (AvgIpc) is 2.74. The number of nitrogens with zero attached hydrogens (tertiary/aromatic N) is 2. The van der Waals surface area contributed by atoms with E-state index in [-0.39, 0.29) is 22.0 Å². The number of nitro groups is 1. The molecule has 0 aliphatic rings. The fourth-order valence-corrected chi connectivity index (χ4v) is 4.46. The van der Waals surface area contributed by atoms with Crippen LogP contribution in [-0.2, 0) is 14.8 Å². The van der Waals surface area contributed by atoms with Gasteiger partial charge in [-0.05, 0) is 42.5 Å². The molecule has 3 rings (SSSR count). The van der Waals surface area contributed by atoms with Crippen molar-refractivity contribution in [2.24, 2.45) is 0 Å². The van der Waals surface area contributed by atoms with Gasteiger partial charge in [0.25, 0.3) is 15.7 Å². The molecule has 0 heterocycles. The first kappa shape index (κ1) is 22.4. The number of nitrogens with one attached hydrogen (secondary N) is 1. The van der Waals surface area contributed by atoms with Gasteiger partial charge in [0.1, 0.15) is 12.4 Å². The molecule has 0 radical (unpaired) electrons. The van der Waals surface area contributed by atoms with Crippen LogP contribution in [0.25, 0.3) is 0 Å². The summed E-state index contributed by atoms with van der Waals surface area (Å²) in [4.78, 5) is 22.8. The molecule has 0 aromatic heterocycles. The van der Waals surface area contributed by atoms with Gasteiger partial charge in [0, 0.05) is 16.6 Å². The summed E-state index contributed by atoms with van der Waals surface area (Å²) in [6, 6.07) is 16.1. The van der Waals surface area contributed by atoms with Gasteiger partial charge in [0.15, 0.2) is 0 Å². The third-order valence-corrected chi connectivity index (χ3v) is 6.45. The standard InChI is InChI=1S/C20H15BrFN3O5S/c21-14-6-11-19(18(22)12-14)23-20(26)13-24(15-7-9-16(10-8-15)25(27)28)31(29,30)17-4-2-1-3-5-17/h1-12H,13H2,(H,23,26). The van der Waals surface area contributed by atoms with E-state index in [0.29, 0.717) is 4.47 Å². The van der Waals surface area contributed by atoms with E-state index < -0.39 is 33.2 Å². The molecule has 0 spiro atoms. The van der Waals surface area contributed by atoms with Crippen LogP contribution < -0.4 is 9.62 Å². The number of anilines is 2. The van der Waals surface area contributed by atoms with E-state index >= 15 is 0 Å². The van der Waals surface area contributed by atoms with Crippen LogP contribution in [0.4, 0.5) is 21.5 Å². The van der Waals surface area contributed by atoms with Crippen molar-refractivity contribution < 1.29 is 22.5 Å². The smallest absolute Gasteiger partial charge is 0.269 e. The maximum atomic E-state index is 14.0. The zero-order valence-electron chi connectivity index (χ0n) is 15.7. The molecule has 0 saturated heterocycles. The van der Waals surface area contributed by atoms with Crippen LogP contribution in [0, 0.1) is 15.9 Å². The number of benzene rings is 3. The molecule has 0 bridgehead atoms. The lowest BCUT2D eigenvalue weighted by Crippen LogP contribution is -2.38. The highest BCUT2D eigenvalue weighted by Gasteiger charge is 2.27. The van der Waals surface area contributed by atoms with Crippen LogP contribution in [0.2, 0.25) is 0 Å². The van der Waals surface area contributed by atoms with E-state index in [4.69, 9.17) is 0 Å². The quantitative estimate of drug-likeness (QED) is 0.378. The number of hydrogen-bond acceptors (Lipinski definition) is 5. The van der Waals surface area contributed by atoms with Gasteiger partial charge in [0.2, 0.25) is 5.91 Å². The molecule has 160 valence electrons. The Morgan fingerprint density at radius 2 is 1.71 bits per heavy atom. The summed E-state index contributed by atoms with van der Waals surface area (Å²) < 4.78 is 41.7. The number of hydrogen-bond donors (Lipinski definition) is 1. The van der Waals surface area contributed by atoms with Crippen molar-refractivity contribution in [1.29, 1.82) is 0 Å². The molecule has 3 aromatic carbocycles. The Bertz CT molecular complexity index is 1220. The molecule has 8 nitrogen and oxygen atoms in total. The van der Waals surface area contributed by atoms with Gasteiger partial charge < -0.3 is 5.32 Å². The molecule has 0 aliphatic heterocycles. The highest BCUT2D eigenvalue weighted by atomic mass is 79.9. The van der Waals surface area contributed by atoms with Gasteiger partial charge in [0.05, 0.1) is 21.2 Å². The Kier molecular flexibility index (Phi) is 6.66. The number of amides is 1. The van der Waals surface area contributed by atoms with Crippen molar-refractivity contribution in [3.8, 4) is 0 Å². The predicted molar refractivity (Wildman–Crippen MR) is 117 cm³/mol. The number of non-ortho nitro benzene ring substituents is 1. The summed E-state index contributed by atoms with van der Waals surface area (Å²) in [6.07, 6.45) is 0. The number of carbonyl (C=O) groups excluding carboxylic acids is 1. The van der Waals surface area contributed by atoms with Crippen LogP contribution in [0.5, 0.6) is 0 Å². The monoisotopic (exact) mass is 507 g/mol. The lowest BCUT2D eigenvalue weighted by atomic mass is 10.3. The van der Waals surface area contributed by atoms with E-state index in [0.717, 1.165) is 22.5 Å². The molecule has 0 unspecified atom stereocenters. The van der Waals surface area contributed by atoms with Gasteiger partial charge in [-0.3, -0.25) is 19.2 Å². The van der Waals surface area contributed by atoms with E-state index in [1.807, 2.05) is 0 Å². The van der Waals surface area contributed by atoms with Crippen molar-refractivity contribution in [1.82, 2.24) is 0 Å². The third-order valence-electron chi connectivity index (χ3n) is 4.17. The molecule has 0 saturated carbocycles. The summed E-state index contributed by atoms with van der Waals surface area (Å²) in [6.45, 7) is -0.676. The Labute approximate surface area is 185 Å². The molecule has 0 atom stereocenters. The number of halogens is 2. The lowest BCUT2D eigenvalue weighted by Gasteiger charge is -2.24. The van der Waals surface area contributed by atoms with Gasteiger partial charge in [-0.1, -0.05) is 34.1 Å². The van der Waals surface area contributed by atoms with Crippen LogP contribution in [-0.4, -0.2) is 25.8 Å². The second-order valence-corrected chi connectivity index (χ2v) is 9.05. The first-order valence-corrected chi connectivity index (χ1v) is 11.0. The van der Waals surface area contributed by atoms with Gasteiger partial charge in [-0.2, -0.15) is 0 Å². The molecule has 3 aromatic rings. The molecular formula is C20H15BrFN3O5S. The zero-order valence-corrected chi connectivity index (χ0v) is 18.1. The van der Waals surface area contributed by atoms with E-state index in [9.17, 15) is 27.7 Å². The minimum absolute atomic E-state index is 0.0425. The van der Waals surface area contributed by atoms with Gasteiger partial charge >= 0.3 is 0 Å². The fraction of sp³-hybridized carbons (Fsp3) is 0.0500. The number of sulfonamides is 1. The largest absolute Gasteiger partial charge is 0.322 e. The third kappa shape index (κ3) is 5.25. The zero-order chi connectivity index (χ0) is 22.6. The van der Waals surface area contributed by atoms with E-state index in [1.54, 1.807) is 6.07 Å². The Hall–Kier alpha value is -3.31. The highest BCUT2D eigenvalue weighted by molar-refractivity contribution is 9.10. The Morgan fingerprint density at radius 3 is 2.29 bits per heavy atom. The second-order valence-electron chi connectivity index (χ2n) is 6.27. The van der Waals surface area contributed by atoms with Crippen LogP contribution in [0.15, 0.2) is 82.2 Å². The molecule has 11 heteroatoms. The number of rotatable bonds is 7. The predicted octanol–water partition coefficient (Wildman–Crippen LogP) is 4.33. The van der Waals surface area contributed by atoms with E-state index in [2.05, 4.69) is 21.2 Å². The average molecular weight is 508 g/mol. The topological polar surface area (TPSA) is 110 Å². The second kappa shape index (κ2) is 9.23. The first-order chi connectivity index (χ1) is 14.7. The van der Waals surface area contributed by atoms with Crippen molar-refractivity contribution in [2.45, 2.75) is 4.90 Å². The lowest BCUT2D eigenvalue weighted by molar-refractivity contribution is -0.384. The Morgan fingerprint density at radius 1 is 1.06 bits per heavy atom.